The molecule has 14 heteroatoms. The third-order valence-corrected chi connectivity index (χ3v) is 7.40. The lowest BCUT2D eigenvalue weighted by Crippen LogP contribution is -2.35. The molecule has 1 N–H and O–H groups in total. The number of anilines is 1. The minimum Gasteiger partial charge on any atom is -0.497 e. The predicted octanol–water partition coefficient (Wildman–Crippen LogP) is 4.75. The number of thioether (sulfide) groups is 1. The number of halogens is 4. The fourth-order valence-electron chi connectivity index (χ4n) is 4.00. The van der Waals surface area contributed by atoms with Crippen LogP contribution in [0.2, 0.25) is 5.02 Å². The highest BCUT2D eigenvalue weighted by molar-refractivity contribution is 8.00. The smallest absolute Gasteiger partial charge is 0.497 e. The van der Waals surface area contributed by atoms with Gasteiger partial charge in [0, 0.05) is 35.1 Å². The van der Waals surface area contributed by atoms with E-state index < -0.39 is 19.1 Å². The highest BCUT2D eigenvalue weighted by Gasteiger charge is 2.32. The van der Waals surface area contributed by atoms with Crippen LogP contribution in [0.15, 0.2) is 47.5 Å². The Hall–Kier alpha value is -3.16. The summed E-state index contributed by atoms with van der Waals surface area (Å²) >= 11 is 7.45. The van der Waals surface area contributed by atoms with Gasteiger partial charge < -0.3 is 24.2 Å². The second-order valence-electron chi connectivity index (χ2n) is 8.31. The summed E-state index contributed by atoms with van der Waals surface area (Å²) in [6.45, 7) is 0.640. The lowest BCUT2D eigenvalue weighted by Gasteiger charge is -2.33. The third-order valence-electron chi connectivity index (χ3n) is 5.75. The molecule has 0 amide bonds. The van der Waals surface area contributed by atoms with E-state index in [4.69, 9.17) is 26.2 Å². The number of hydrogen-bond acceptors (Lipinski definition) is 9. The van der Waals surface area contributed by atoms with Crippen molar-refractivity contribution in [2.45, 2.75) is 36.0 Å². The fourth-order valence-corrected chi connectivity index (χ4v) is 5.44. The van der Waals surface area contributed by atoms with Crippen molar-refractivity contribution >= 4 is 35.0 Å². The van der Waals surface area contributed by atoms with Gasteiger partial charge in [-0.25, -0.2) is 9.48 Å². The number of hydrogen-bond donors (Lipinski definition) is 1. The Bertz CT molecular complexity index is 1250. The van der Waals surface area contributed by atoms with E-state index in [9.17, 15) is 18.0 Å². The lowest BCUT2D eigenvalue weighted by atomic mass is 10.1. The number of methoxy groups -OCH3 is 1. The van der Waals surface area contributed by atoms with Crippen molar-refractivity contribution in [1.29, 1.82) is 0 Å². The van der Waals surface area contributed by atoms with Crippen LogP contribution < -0.4 is 14.4 Å². The van der Waals surface area contributed by atoms with Crippen LogP contribution >= 0.6 is 23.4 Å². The van der Waals surface area contributed by atoms with Crippen LogP contribution in [0.25, 0.3) is 0 Å². The van der Waals surface area contributed by atoms with Gasteiger partial charge in [-0.2, -0.15) is 0 Å². The van der Waals surface area contributed by atoms with Crippen LogP contribution in [0.5, 0.6) is 11.5 Å². The highest BCUT2D eigenvalue weighted by atomic mass is 35.5. The number of esters is 1. The van der Waals surface area contributed by atoms with Gasteiger partial charge in [0.15, 0.2) is 6.79 Å². The predicted molar refractivity (Wildman–Crippen MR) is 134 cm³/mol. The monoisotopic (exact) mass is 572 g/mol. The van der Waals surface area contributed by atoms with Crippen molar-refractivity contribution < 1.29 is 37.3 Å². The molecule has 0 aliphatic carbocycles. The highest BCUT2D eigenvalue weighted by Crippen LogP contribution is 2.36. The Morgan fingerprint density at radius 1 is 1.16 bits per heavy atom. The van der Waals surface area contributed by atoms with E-state index in [2.05, 4.69) is 15.0 Å². The summed E-state index contributed by atoms with van der Waals surface area (Å²) in [5, 5.41) is 17.9. The van der Waals surface area contributed by atoms with Gasteiger partial charge in [0.2, 0.25) is 5.69 Å². The van der Waals surface area contributed by atoms with E-state index in [1.54, 1.807) is 17.9 Å². The molecule has 4 rings (SSSR count). The second-order valence-corrected chi connectivity index (χ2v) is 10.0. The molecule has 204 valence electrons. The van der Waals surface area contributed by atoms with Crippen molar-refractivity contribution in [2.24, 2.45) is 0 Å². The molecule has 1 saturated heterocycles. The Morgan fingerprint density at radius 2 is 1.87 bits per heavy atom. The molecule has 9 nitrogen and oxygen atoms in total. The zero-order valence-electron chi connectivity index (χ0n) is 20.2. The van der Waals surface area contributed by atoms with Crippen molar-refractivity contribution in [2.75, 3.05) is 31.9 Å². The first-order valence-electron chi connectivity index (χ1n) is 11.5. The van der Waals surface area contributed by atoms with E-state index in [0.717, 1.165) is 11.6 Å². The van der Waals surface area contributed by atoms with Gasteiger partial charge in [-0.1, -0.05) is 28.9 Å². The number of carbonyl (C=O) groups excluding carboxylic acids is 1. The Labute approximate surface area is 225 Å². The van der Waals surface area contributed by atoms with Crippen LogP contribution in [0.4, 0.5) is 18.9 Å². The van der Waals surface area contributed by atoms with Gasteiger partial charge in [0.05, 0.1) is 13.7 Å². The van der Waals surface area contributed by atoms with Crippen LogP contribution in [0, 0.1) is 0 Å². The minimum atomic E-state index is -4.82. The maximum atomic E-state index is 12.7. The van der Waals surface area contributed by atoms with Gasteiger partial charge in [-0.3, -0.25) is 0 Å². The normalized spacial score (nSPS) is 14.4. The van der Waals surface area contributed by atoms with Crippen molar-refractivity contribution in [3.8, 4) is 11.5 Å². The molecule has 1 aliphatic rings. The molecular weight excluding hydrogens is 549 g/mol. The summed E-state index contributed by atoms with van der Waals surface area (Å²) in [5.74, 6) is -0.459. The summed E-state index contributed by atoms with van der Waals surface area (Å²) in [6, 6.07) is 11.4. The molecule has 0 unspecified atom stereocenters. The van der Waals surface area contributed by atoms with E-state index in [0.29, 0.717) is 48.9 Å². The fraction of sp³-hybridized carbons (Fsp3) is 0.375. The number of aliphatic hydroxyl groups is 1. The van der Waals surface area contributed by atoms with E-state index in [1.807, 2.05) is 29.2 Å². The molecule has 1 fully saturated rings. The standard InChI is InChI=1S/C24H24ClF3N4O5S/c1-35-18-4-2-15(3-5-18)13-32-22(21(29-30-32)23(34)36-14-33)38-20-6-8-31(9-7-20)17-10-16(25)11-19(12-17)37-24(26,27)28/h2-5,10-12,20,33H,6-9,13-14H2,1H3. The van der Waals surface area contributed by atoms with Crippen LogP contribution in [0.3, 0.4) is 0 Å². The Morgan fingerprint density at radius 3 is 2.50 bits per heavy atom. The zero-order valence-corrected chi connectivity index (χ0v) is 21.7. The molecule has 2 aromatic carbocycles. The number of alkyl halides is 3. The molecule has 0 bridgehead atoms. The van der Waals surface area contributed by atoms with Gasteiger partial charge in [-0.15, -0.1) is 30.0 Å². The van der Waals surface area contributed by atoms with Gasteiger partial charge in [-0.05, 0) is 42.7 Å². The lowest BCUT2D eigenvalue weighted by molar-refractivity contribution is -0.274. The number of piperidine rings is 1. The minimum absolute atomic E-state index is 0.00349. The molecule has 38 heavy (non-hydrogen) atoms. The molecule has 0 atom stereocenters. The van der Waals surface area contributed by atoms with E-state index in [-0.39, 0.29) is 21.7 Å². The average Bonchev–Trinajstić information content (AvgIpc) is 3.25. The number of benzene rings is 2. The van der Waals surface area contributed by atoms with Gasteiger partial charge >= 0.3 is 12.3 Å². The summed E-state index contributed by atoms with van der Waals surface area (Å²) in [6.07, 6.45) is -3.49. The first-order valence-corrected chi connectivity index (χ1v) is 12.7. The molecule has 3 aromatic rings. The first-order chi connectivity index (χ1) is 18.1. The molecular formula is C24H24ClF3N4O5S. The summed E-state index contributed by atoms with van der Waals surface area (Å²) in [4.78, 5) is 14.3. The third kappa shape index (κ3) is 7.23. The van der Waals surface area contributed by atoms with Crippen LogP contribution in [-0.4, -0.2) is 64.7 Å². The molecule has 1 aromatic heterocycles. The quantitative estimate of drug-likeness (QED) is 0.287. The molecule has 2 heterocycles. The number of aromatic nitrogens is 3. The molecule has 0 spiro atoms. The average molecular weight is 573 g/mol. The topological polar surface area (TPSA) is 98.9 Å². The Balaban J connectivity index is 1.47. The van der Waals surface area contributed by atoms with Crippen molar-refractivity contribution in [3.63, 3.8) is 0 Å². The summed E-state index contributed by atoms with van der Waals surface area (Å²) in [5.41, 5.74) is 1.44. The number of ether oxygens (including phenoxy) is 3. The van der Waals surface area contributed by atoms with Crippen LogP contribution in [-0.2, 0) is 11.3 Å². The zero-order chi connectivity index (χ0) is 27.3. The number of carbonyl (C=O) groups is 1. The van der Waals surface area contributed by atoms with Crippen molar-refractivity contribution in [1.82, 2.24) is 15.0 Å². The maximum absolute atomic E-state index is 12.7. The number of nitrogens with zero attached hydrogens (tertiary/aromatic N) is 4. The number of rotatable bonds is 9. The summed E-state index contributed by atoms with van der Waals surface area (Å²) in [7, 11) is 1.58. The van der Waals surface area contributed by atoms with Crippen LogP contribution in [0.1, 0.15) is 28.9 Å². The van der Waals surface area contributed by atoms with E-state index >= 15 is 0 Å². The van der Waals surface area contributed by atoms with E-state index in [1.165, 1.54) is 17.8 Å². The first kappa shape index (κ1) is 27.9. The summed E-state index contributed by atoms with van der Waals surface area (Å²) < 4.78 is 53.6. The SMILES string of the molecule is COc1ccc(Cn2nnc(C(=O)OCO)c2SC2CCN(c3cc(Cl)cc(OC(F)(F)F)c3)CC2)cc1. The maximum Gasteiger partial charge on any atom is 0.573 e. The second kappa shape index (κ2) is 12.1. The molecule has 1 aliphatic heterocycles. The largest absolute Gasteiger partial charge is 0.573 e. The van der Waals surface area contributed by atoms with Gasteiger partial charge in [0.1, 0.15) is 16.5 Å². The Kier molecular flexibility index (Phi) is 8.90. The molecule has 0 saturated carbocycles. The molecule has 0 radical (unpaired) electrons. The number of aliphatic hydroxyl groups excluding tert-OH is 1. The van der Waals surface area contributed by atoms with Gasteiger partial charge in [0.25, 0.3) is 0 Å². The van der Waals surface area contributed by atoms with Crippen molar-refractivity contribution in [3.05, 3.63) is 58.7 Å².